The van der Waals surface area contributed by atoms with E-state index in [2.05, 4.69) is 46.6 Å². The summed E-state index contributed by atoms with van der Waals surface area (Å²) in [5.41, 5.74) is 4.99. The molecule has 1 amide bonds. The van der Waals surface area contributed by atoms with E-state index < -0.39 is 0 Å². The van der Waals surface area contributed by atoms with Gasteiger partial charge in [0.05, 0.1) is 23.9 Å². The molecule has 170 valence electrons. The Balaban J connectivity index is 1.64. The van der Waals surface area contributed by atoms with E-state index in [4.69, 9.17) is 9.72 Å². The molecule has 0 atom stereocenters. The van der Waals surface area contributed by atoms with Crippen LogP contribution < -0.4 is 4.74 Å². The van der Waals surface area contributed by atoms with Gasteiger partial charge in [0.2, 0.25) is 0 Å². The third-order valence-corrected chi connectivity index (χ3v) is 7.31. The van der Waals surface area contributed by atoms with Crippen LogP contribution in [-0.2, 0) is 0 Å². The van der Waals surface area contributed by atoms with E-state index >= 15 is 0 Å². The molecule has 0 unspecified atom stereocenters. The first-order chi connectivity index (χ1) is 16.2. The quantitative estimate of drug-likeness (QED) is 0.401. The number of fused-ring (bicyclic) bond motifs is 1. The van der Waals surface area contributed by atoms with Crippen LogP contribution in [0.1, 0.15) is 50.1 Å². The van der Waals surface area contributed by atoms with Crippen molar-refractivity contribution in [3.63, 3.8) is 0 Å². The molecule has 1 saturated carbocycles. The Hall–Kier alpha value is -3.06. The molecule has 2 heterocycles. The smallest absolute Gasteiger partial charge is 0.306 e. The minimum absolute atomic E-state index is 0.104. The molecule has 0 saturated heterocycles. The highest BCUT2D eigenvalue weighted by molar-refractivity contribution is 8.14. The van der Waals surface area contributed by atoms with Gasteiger partial charge in [0.15, 0.2) is 0 Å². The van der Waals surface area contributed by atoms with Gasteiger partial charge in [0.1, 0.15) is 11.6 Å². The number of rotatable bonds is 5. The lowest BCUT2D eigenvalue weighted by molar-refractivity contribution is 0.240. The topological polar surface area (TPSA) is 59.7 Å². The second-order valence-electron chi connectivity index (χ2n) is 8.51. The minimum atomic E-state index is -0.104. The molecule has 1 aliphatic heterocycles. The molecule has 1 fully saturated rings. The number of hydrogen-bond donors (Lipinski definition) is 0. The number of amides is 1. The molecule has 5 rings (SSSR count). The Kier molecular flexibility index (Phi) is 6.22. The normalized spacial score (nSPS) is 17.7. The summed E-state index contributed by atoms with van der Waals surface area (Å²) < 4.78 is 7.93. The highest BCUT2D eigenvalue weighted by atomic mass is 32.2. The highest BCUT2D eigenvalue weighted by Gasteiger charge is 2.24. The predicted molar refractivity (Wildman–Crippen MR) is 135 cm³/mol. The molecule has 33 heavy (non-hydrogen) atoms. The first-order valence-corrected chi connectivity index (χ1v) is 12.5. The molecule has 7 heteroatoms. The van der Waals surface area contributed by atoms with E-state index in [-0.39, 0.29) is 5.24 Å². The van der Waals surface area contributed by atoms with E-state index in [9.17, 15) is 4.79 Å². The van der Waals surface area contributed by atoms with Crippen molar-refractivity contribution < 1.29 is 9.53 Å². The fourth-order valence-corrected chi connectivity index (χ4v) is 5.51. The van der Waals surface area contributed by atoms with Crippen LogP contribution in [0, 0.1) is 0 Å². The third kappa shape index (κ3) is 4.29. The van der Waals surface area contributed by atoms with E-state index in [1.54, 1.807) is 7.11 Å². The Morgan fingerprint density at radius 3 is 2.67 bits per heavy atom. The summed E-state index contributed by atoms with van der Waals surface area (Å²) >= 11 is 1.24. The standard InChI is InChI=1S/C26H28N4O2S/c1-3-29-26(31)33-17-23(28-29)18-13-14-24-22(16-18)27-25(19-9-8-12-21(15-19)32-2)30(24)20-10-6-4-5-7-11-20/h3,8-9,12-16,20H,1,4-7,10-11,17H2,2H3. The van der Waals surface area contributed by atoms with Gasteiger partial charge in [-0.05, 0) is 37.1 Å². The van der Waals surface area contributed by atoms with Gasteiger partial charge in [0, 0.05) is 29.1 Å². The van der Waals surface area contributed by atoms with Crippen LogP contribution in [0.4, 0.5) is 4.79 Å². The van der Waals surface area contributed by atoms with Crippen molar-refractivity contribution in [2.24, 2.45) is 5.10 Å². The van der Waals surface area contributed by atoms with Crippen LogP contribution in [0.25, 0.3) is 22.4 Å². The van der Waals surface area contributed by atoms with Gasteiger partial charge in [-0.2, -0.15) is 10.1 Å². The van der Waals surface area contributed by atoms with Crippen LogP contribution in [-0.4, -0.2) is 38.4 Å². The molecule has 1 aliphatic carbocycles. The van der Waals surface area contributed by atoms with Gasteiger partial charge >= 0.3 is 5.24 Å². The molecule has 2 aromatic carbocycles. The second kappa shape index (κ2) is 9.43. The zero-order valence-corrected chi connectivity index (χ0v) is 19.7. The summed E-state index contributed by atoms with van der Waals surface area (Å²) in [6, 6.07) is 14.9. The van der Waals surface area contributed by atoms with Crippen molar-refractivity contribution in [2.75, 3.05) is 12.9 Å². The summed E-state index contributed by atoms with van der Waals surface area (Å²) in [4.78, 5) is 17.1. The number of hydrazone groups is 1. The van der Waals surface area contributed by atoms with Crippen LogP contribution in [0.5, 0.6) is 5.75 Å². The predicted octanol–water partition coefficient (Wildman–Crippen LogP) is 6.62. The Morgan fingerprint density at radius 1 is 1.09 bits per heavy atom. The fourth-order valence-electron chi connectivity index (χ4n) is 4.78. The average Bonchev–Trinajstić information content (AvgIpc) is 3.02. The minimum Gasteiger partial charge on any atom is -0.497 e. The number of carbonyl (C=O) groups excluding carboxylic acids is 1. The van der Waals surface area contributed by atoms with Crippen molar-refractivity contribution in [1.82, 2.24) is 14.6 Å². The average molecular weight is 461 g/mol. The van der Waals surface area contributed by atoms with Crippen molar-refractivity contribution in [3.8, 4) is 17.1 Å². The molecule has 0 radical (unpaired) electrons. The molecule has 0 N–H and O–H groups in total. The summed E-state index contributed by atoms with van der Waals surface area (Å²) in [5.74, 6) is 2.35. The highest BCUT2D eigenvalue weighted by Crippen LogP contribution is 2.36. The van der Waals surface area contributed by atoms with Crippen molar-refractivity contribution in [2.45, 2.75) is 44.6 Å². The molecule has 3 aromatic rings. The summed E-state index contributed by atoms with van der Waals surface area (Å²) in [6.45, 7) is 3.69. The number of methoxy groups -OCH3 is 1. The maximum absolute atomic E-state index is 12.0. The van der Waals surface area contributed by atoms with Gasteiger partial charge in [-0.25, -0.2) is 4.98 Å². The molecule has 6 nitrogen and oxygen atoms in total. The SMILES string of the molecule is C=CN1N=C(c2ccc3c(c2)nc(-c2cccc(OC)c2)n3C2CCCCCC2)CSC1=O. The lowest BCUT2D eigenvalue weighted by atomic mass is 10.1. The van der Waals surface area contributed by atoms with Gasteiger partial charge < -0.3 is 9.30 Å². The van der Waals surface area contributed by atoms with E-state index in [1.165, 1.54) is 61.5 Å². The van der Waals surface area contributed by atoms with Gasteiger partial charge in [-0.3, -0.25) is 4.79 Å². The number of thioether (sulfide) groups is 1. The second-order valence-corrected chi connectivity index (χ2v) is 9.44. The number of carbonyl (C=O) groups is 1. The number of ether oxygens (including phenoxy) is 1. The maximum atomic E-state index is 12.0. The van der Waals surface area contributed by atoms with Crippen molar-refractivity contribution >= 4 is 33.7 Å². The van der Waals surface area contributed by atoms with Crippen molar-refractivity contribution in [1.29, 1.82) is 0 Å². The van der Waals surface area contributed by atoms with Crippen LogP contribution in [0.15, 0.2) is 60.3 Å². The van der Waals surface area contributed by atoms with Crippen LogP contribution >= 0.6 is 11.8 Å². The van der Waals surface area contributed by atoms with Crippen LogP contribution in [0.2, 0.25) is 0 Å². The number of imidazole rings is 1. The maximum Gasteiger partial charge on any atom is 0.306 e. The first kappa shape index (κ1) is 21.8. The number of aromatic nitrogens is 2. The number of benzene rings is 2. The largest absolute Gasteiger partial charge is 0.497 e. The Labute approximate surface area is 198 Å². The third-order valence-electron chi connectivity index (χ3n) is 6.46. The summed E-state index contributed by atoms with van der Waals surface area (Å²) in [6.07, 6.45) is 8.90. The van der Waals surface area contributed by atoms with Gasteiger partial charge in [0.25, 0.3) is 0 Å². The van der Waals surface area contributed by atoms with Crippen molar-refractivity contribution in [3.05, 3.63) is 60.8 Å². The van der Waals surface area contributed by atoms with E-state index in [0.29, 0.717) is 11.8 Å². The van der Waals surface area contributed by atoms with Gasteiger partial charge in [-0.1, -0.05) is 62.2 Å². The molecular formula is C26H28N4O2S. The summed E-state index contributed by atoms with van der Waals surface area (Å²) in [5, 5.41) is 5.68. The van der Waals surface area contributed by atoms with Gasteiger partial charge in [-0.15, -0.1) is 0 Å². The summed E-state index contributed by atoms with van der Waals surface area (Å²) in [7, 11) is 1.69. The Morgan fingerprint density at radius 2 is 1.91 bits per heavy atom. The van der Waals surface area contributed by atoms with Crippen LogP contribution in [0.3, 0.4) is 0 Å². The number of hydrogen-bond acceptors (Lipinski definition) is 5. The molecular weight excluding hydrogens is 432 g/mol. The number of nitrogens with zero attached hydrogens (tertiary/aromatic N) is 4. The lowest BCUT2D eigenvalue weighted by Crippen LogP contribution is -2.25. The molecule has 2 aliphatic rings. The molecule has 0 spiro atoms. The molecule has 0 bridgehead atoms. The van der Waals surface area contributed by atoms with E-state index in [0.717, 1.165) is 39.4 Å². The lowest BCUT2D eigenvalue weighted by Gasteiger charge is -2.21. The zero-order chi connectivity index (χ0) is 22.8. The van der Waals surface area contributed by atoms with E-state index in [1.807, 2.05) is 12.1 Å². The first-order valence-electron chi connectivity index (χ1n) is 11.5. The zero-order valence-electron chi connectivity index (χ0n) is 18.9. The fraction of sp³-hybridized carbons (Fsp3) is 0.346. The molecule has 1 aromatic heterocycles. The monoisotopic (exact) mass is 460 g/mol. The Bertz CT molecular complexity index is 1220.